The number of carboxylic acids is 1. The molecule has 0 unspecified atom stereocenters. The van der Waals surface area contributed by atoms with Crippen LogP contribution in [0.2, 0.25) is 0 Å². The van der Waals surface area contributed by atoms with Gasteiger partial charge in [0, 0.05) is 11.8 Å². The van der Waals surface area contributed by atoms with E-state index in [1.165, 1.54) is 18.3 Å². The fourth-order valence-corrected chi connectivity index (χ4v) is 0.707. The van der Waals surface area contributed by atoms with Gasteiger partial charge >= 0.3 is 5.97 Å². The average molecular weight is 175 g/mol. The number of carbonyl (C=O) groups is 2. The number of hydrogen-bond acceptors (Lipinski definition) is 3. The second kappa shape index (κ2) is 4.02. The van der Waals surface area contributed by atoms with E-state index in [-0.39, 0.29) is 5.69 Å². The number of carbonyl (C=O) groups excluding carboxylic acids is 1. The molecule has 64 valence electrons. The molecule has 0 amide bonds. The zero-order chi connectivity index (χ0) is 9.68. The van der Waals surface area contributed by atoms with Crippen molar-refractivity contribution < 1.29 is 14.7 Å². The van der Waals surface area contributed by atoms with Gasteiger partial charge in [0.25, 0.3) is 0 Å². The number of nitrogens with zero attached hydrogens (tertiary/aromatic N) is 1. The summed E-state index contributed by atoms with van der Waals surface area (Å²) in [7, 11) is 0. The van der Waals surface area contributed by atoms with Crippen LogP contribution in [0.5, 0.6) is 0 Å². The molecule has 4 heteroatoms. The zero-order valence-electron chi connectivity index (χ0n) is 6.52. The number of aldehydes is 1. The van der Waals surface area contributed by atoms with Crippen molar-refractivity contribution >= 4 is 12.3 Å². The normalized spacial score (nSPS) is 8.31. The molecule has 1 aromatic rings. The number of aromatic nitrogens is 1. The Bertz CT molecular complexity index is 384. The van der Waals surface area contributed by atoms with Crippen LogP contribution < -0.4 is 0 Å². The van der Waals surface area contributed by atoms with E-state index in [2.05, 4.69) is 16.8 Å². The van der Waals surface area contributed by atoms with Gasteiger partial charge in [-0.2, -0.15) is 0 Å². The number of hydrogen-bond donors (Lipinski definition) is 1. The van der Waals surface area contributed by atoms with Crippen molar-refractivity contribution in [1.29, 1.82) is 0 Å². The number of rotatable bonds is 1. The summed E-state index contributed by atoms with van der Waals surface area (Å²) in [6, 6.07) is 2.82. The first-order valence-electron chi connectivity index (χ1n) is 3.38. The summed E-state index contributed by atoms with van der Waals surface area (Å²) in [5.74, 6) is 3.59. The predicted molar refractivity (Wildman–Crippen MR) is 44.1 cm³/mol. The number of carboxylic acid groups (broad SMARTS) is 1. The highest BCUT2D eigenvalue weighted by Crippen LogP contribution is 1.98. The van der Waals surface area contributed by atoms with Gasteiger partial charge in [0.05, 0.1) is 0 Å². The second-order valence-corrected chi connectivity index (χ2v) is 2.12. The lowest BCUT2D eigenvalue weighted by atomic mass is 10.2. The molecule has 0 aliphatic rings. The first kappa shape index (κ1) is 8.94. The summed E-state index contributed by atoms with van der Waals surface area (Å²) in [6.07, 6.45) is 1.77. The summed E-state index contributed by atoms with van der Waals surface area (Å²) < 4.78 is 0. The standard InChI is InChI=1S/C9H5NO3/c11-5-1-2-7-3-4-8(9(12)13)10-6-7/h3-6H,(H,12,13). The highest BCUT2D eigenvalue weighted by molar-refractivity contribution is 5.85. The van der Waals surface area contributed by atoms with Gasteiger partial charge in [-0.05, 0) is 18.1 Å². The minimum Gasteiger partial charge on any atom is -0.477 e. The van der Waals surface area contributed by atoms with E-state index in [0.29, 0.717) is 11.8 Å². The predicted octanol–water partition coefficient (Wildman–Crippen LogP) is 0.330. The van der Waals surface area contributed by atoms with Gasteiger partial charge in [-0.1, -0.05) is 5.92 Å². The van der Waals surface area contributed by atoms with Crippen molar-refractivity contribution in [3.63, 3.8) is 0 Å². The number of aromatic carboxylic acids is 1. The molecule has 1 N–H and O–H groups in total. The molecule has 0 saturated heterocycles. The number of pyridine rings is 1. The Balaban J connectivity index is 2.93. The van der Waals surface area contributed by atoms with Crippen molar-refractivity contribution in [3.8, 4) is 11.8 Å². The summed E-state index contributed by atoms with van der Waals surface area (Å²) >= 11 is 0. The topological polar surface area (TPSA) is 67.3 Å². The third-order valence-electron chi connectivity index (χ3n) is 1.26. The highest BCUT2D eigenvalue weighted by atomic mass is 16.4. The van der Waals surface area contributed by atoms with E-state index in [0.717, 1.165) is 0 Å². The Hall–Kier alpha value is -2.15. The first-order valence-corrected chi connectivity index (χ1v) is 3.38. The maximum atomic E-state index is 10.4. The van der Waals surface area contributed by atoms with Crippen molar-refractivity contribution in [1.82, 2.24) is 4.98 Å². The SMILES string of the molecule is O=CC#Cc1ccc(C(=O)O)nc1. The van der Waals surface area contributed by atoms with Crippen LogP contribution in [0.25, 0.3) is 0 Å². The monoisotopic (exact) mass is 175 g/mol. The quantitative estimate of drug-likeness (QED) is 0.493. The molecule has 0 fully saturated rings. The van der Waals surface area contributed by atoms with Crippen molar-refractivity contribution in [3.05, 3.63) is 29.6 Å². The molecule has 1 aromatic heterocycles. The molecule has 0 atom stereocenters. The Morgan fingerprint density at radius 1 is 1.54 bits per heavy atom. The van der Waals surface area contributed by atoms with Gasteiger partial charge in [-0.3, -0.25) is 4.79 Å². The molecule has 0 spiro atoms. The van der Waals surface area contributed by atoms with Crippen LogP contribution in [0.3, 0.4) is 0 Å². The van der Waals surface area contributed by atoms with Crippen LogP contribution in [0.1, 0.15) is 16.1 Å². The van der Waals surface area contributed by atoms with E-state index >= 15 is 0 Å². The van der Waals surface area contributed by atoms with Crippen molar-refractivity contribution in [2.75, 3.05) is 0 Å². The maximum Gasteiger partial charge on any atom is 0.354 e. The summed E-state index contributed by atoms with van der Waals surface area (Å²) in [4.78, 5) is 23.8. The molecule has 1 rings (SSSR count). The molecule has 0 aromatic carbocycles. The minimum atomic E-state index is -1.09. The Morgan fingerprint density at radius 3 is 2.77 bits per heavy atom. The van der Waals surface area contributed by atoms with Crippen LogP contribution in [0.15, 0.2) is 18.3 Å². The van der Waals surface area contributed by atoms with Crippen LogP contribution in [-0.4, -0.2) is 22.3 Å². The molecule has 0 radical (unpaired) electrons. The second-order valence-electron chi connectivity index (χ2n) is 2.12. The Kier molecular flexibility index (Phi) is 2.77. The van der Waals surface area contributed by atoms with E-state index in [1.807, 2.05) is 0 Å². The smallest absolute Gasteiger partial charge is 0.354 e. The zero-order valence-corrected chi connectivity index (χ0v) is 6.52. The van der Waals surface area contributed by atoms with E-state index < -0.39 is 5.97 Å². The lowest BCUT2D eigenvalue weighted by molar-refractivity contribution is -0.103. The van der Waals surface area contributed by atoms with Crippen LogP contribution in [0, 0.1) is 11.8 Å². The van der Waals surface area contributed by atoms with Gasteiger partial charge in [0.2, 0.25) is 0 Å². The fraction of sp³-hybridized carbons (Fsp3) is 0. The molecule has 4 nitrogen and oxygen atoms in total. The van der Waals surface area contributed by atoms with E-state index in [9.17, 15) is 9.59 Å². The largest absolute Gasteiger partial charge is 0.477 e. The molecule has 0 aliphatic carbocycles. The average Bonchev–Trinajstić information content (AvgIpc) is 2.15. The molecular formula is C9H5NO3. The van der Waals surface area contributed by atoms with Gasteiger partial charge in [-0.15, -0.1) is 0 Å². The summed E-state index contributed by atoms with van der Waals surface area (Å²) in [5.41, 5.74) is 0.466. The highest BCUT2D eigenvalue weighted by Gasteiger charge is 2.01. The maximum absolute atomic E-state index is 10.4. The fourth-order valence-electron chi connectivity index (χ4n) is 0.707. The Labute approximate surface area is 74.2 Å². The van der Waals surface area contributed by atoms with E-state index in [1.54, 1.807) is 0 Å². The van der Waals surface area contributed by atoms with Crippen molar-refractivity contribution in [2.45, 2.75) is 0 Å². The van der Waals surface area contributed by atoms with Crippen LogP contribution in [-0.2, 0) is 4.79 Å². The molecule has 0 saturated carbocycles. The van der Waals surface area contributed by atoms with Gasteiger partial charge in [-0.25, -0.2) is 9.78 Å². The van der Waals surface area contributed by atoms with E-state index in [4.69, 9.17) is 5.11 Å². The van der Waals surface area contributed by atoms with Crippen LogP contribution in [0.4, 0.5) is 0 Å². The summed E-state index contributed by atoms with van der Waals surface area (Å²) in [5, 5.41) is 8.50. The van der Waals surface area contributed by atoms with Crippen molar-refractivity contribution in [2.24, 2.45) is 0 Å². The van der Waals surface area contributed by atoms with Gasteiger partial charge in [0.1, 0.15) is 5.69 Å². The lowest BCUT2D eigenvalue weighted by Crippen LogP contribution is -1.99. The molecular weight excluding hydrogens is 170 g/mol. The lowest BCUT2D eigenvalue weighted by Gasteiger charge is -1.91. The molecule has 1 heterocycles. The Morgan fingerprint density at radius 2 is 2.31 bits per heavy atom. The van der Waals surface area contributed by atoms with Crippen LogP contribution >= 0.6 is 0 Å². The molecule has 0 bridgehead atoms. The third kappa shape index (κ3) is 2.42. The molecule has 0 aliphatic heterocycles. The third-order valence-corrected chi connectivity index (χ3v) is 1.26. The minimum absolute atomic E-state index is 0.0448. The summed E-state index contributed by atoms with van der Waals surface area (Å²) in [6.45, 7) is 0. The van der Waals surface area contributed by atoms with Gasteiger partial charge < -0.3 is 5.11 Å². The van der Waals surface area contributed by atoms with Gasteiger partial charge in [0.15, 0.2) is 6.29 Å². The molecule has 13 heavy (non-hydrogen) atoms. The first-order chi connectivity index (χ1) is 6.24.